The first-order valence-corrected chi connectivity index (χ1v) is 11.4. The van der Waals surface area contributed by atoms with E-state index in [0.29, 0.717) is 17.2 Å². The van der Waals surface area contributed by atoms with E-state index in [0.717, 1.165) is 42.5 Å². The minimum absolute atomic E-state index is 0.351. The summed E-state index contributed by atoms with van der Waals surface area (Å²) in [5, 5.41) is 13.8. The molecule has 0 spiro atoms. The van der Waals surface area contributed by atoms with Crippen molar-refractivity contribution in [1.82, 2.24) is 9.47 Å². The van der Waals surface area contributed by atoms with Gasteiger partial charge in [-0.2, -0.15) is 0 Å². The Balaban J connectivity index is 1.34. The quantitative estimate of drug-likeness (QED) is 0.622. The number of fused-ring (bicyclic) bond motifs is 2. The average molecular weight is 448 g/mol. The van der Waals surface area contributed by atoms with E-state index in [4.69, 9.17) is 4.74 Å². The fraction of sp³-hybridized carbons (Fsp3) is 0.385. The zero-order chi connectivity index (χ0) is 23.3. The van der Waals surface area contributed by atoms with Crippen LogP contribution < -0.4 is 5.32 Å². The second-order valence-corrected chi connectivity index (χ2v) is 9.98. The molecule has 1 saturated heterocycles. The largest absolute Gasteiger partial charge is 0.443 e. The summed E-state index contributed by atoms with van der Waals surface area (Å²) in [4.78, 5) is 26.9. The first-order valence-electron chi connectivity index (χ1n) is 11.4. The van der Waals surface area contributed by atoms with Crippen molar-refractivity contribution in [3.05, 3.63) is 65.4 Å². The normalized spacial score (nSPS) is 20.8. The van der Waals surface area contributed by atoms with Crippen LogP contribution in [0.1, 0.15) is 55.9 Å². The molecule has 3 aromatic rings. The molecule has 2 N–H and O–H groups in total. The Hall–Kier alpha value is -3.16. The smallest absolute Gasteiger partial charge is 0.419 e. The number of nitrogens with zero attached hydrogens (tertiary/aromatic N) is 2. The van der Waals surface area contributed by atoms with Crippen LogP contribution in [-0.4, -0.2) is 45.3 Å². The first-order chi connectivity index (χ1) is 15.7. The Morgan fingerprint density at radius 2 is 2.00 bits per heavy atom. The summed E-state index contributed by atoms with van der Waals surface area (Å²) < 4.78 is 7.21. The third kappa shape index (κ3) is 4.14. The fourth-order valence-electron chi connectivity index (χ4n) is 4.84. The van der Waals surface area contributed by atoms with Crippen LogP contribution in [0.25, 0.3) is 10.9 Å². The van der Waals surface area contributed by atoms with E-state index in [1.54, 1.807) is 4.57 Å². The van der Waals surface area contributed by atoms with Gasteiger partial charge in [0.2, 0.25) is 0 Å². The molecular formula is C26H29N3O4. The molecule has 2 aromatic carbocycles. The predicted octanol–water partition coefficient (Wildman–Crippen LogP) is 4.40. The SMILES string of the molecule is CC(C)(C)OC(=O)n1cc(CN2CCC(c3ccc4c(c3)NC(=O)C4O)C2)c2ccccc21. The highest BCUT2D eigenvalue weighted by molar-refractivity contribution is 6.01. The van der Waals surface area contributed by atoms with Crippen molar-refractivity contribution in [2.75, 3.05) is 18.4 Å². The molecule has 0 bridgehead atoms. The van der Waals surface area contributed by atoms with Gasteiger partial charge in [0, 0.05) is 35.9 Å². The van der Waals surface area contributed by atoms with E-state index in [1.807, 2.05) is 69.4 Å². The molecule has 172 valence electrons. The van der Waals surface area contributed by atoms with Crippen LogP contribution in [-0.2, 0) is 16.1 Å². The Morgan fingerprint density at radius 1 is 1.21 bits per heavy atom. The van der Waals surface area contributed by atoms with Crippen LogP contribution in [0.5, 0.6) is 0 Å². The van der Waals surface area contributed by atoms with Gasteiger partial charge in [-0.1, -0.05) is 30.3 Å². The highest BCUT2D eigenvalue weighted by atomic mass is 16.6. The number of nitrogens with one attached hydrogen (secondary N) is 1. The molecular weight excluding hydrogens is 418 g/mol. The molecule has 0 saturated carbocycles. The molecule has 33 heavy (non-hydrogen) atoms. The molecule has 0 radical (unpaired) electrons. The maximum Gasteiger partial charge on any atom is 0.419 e. The van der Waals surface area contributed by atoms with E-state index in [2.05, 4.69) is 10.2 Å². The molecule has 1 amide bonds. The molecule has 5 rings (SSSR count). The van der Waals surface area contributed by atoms with E-state index < -0.39 is 11.7 Å². The molecule has 0 aliphatic carbocycles. The van der Waals surface area contributed by atoms with Crippen molar-refractivity contribution in [1.29, 1.82) is 0 Å². The molecule has 2 aliphatic heterocycles. The molecule has 1 fully saturated rings. The highest BCUT2D eigenvalue weighted by Gasteiger charge is 2.31. The number of anilines is 1. The second kappa shape index (κ2) is 8.01. The maximum atomic E-state index is 12.8. The lowest BCUT2D eigenvalue weighted by Gasteiger charge is -2.19. The summed E-state index contributed by atoms with van der Waals surface area (Å²) in [7, 11) is 0. The monoisotopic (exact) mass is 447 g/mol. The minimum atomic E-state index is -1.07. The first kappa shape index (κ1) is 21.7. The Morgan fingerprint density at radius 3 is 2.79 bits per heavy atom. The molecule has 1 aromatic heterocycles. The van der Waals surface area contributed by atoms with Gasteiger partial charge in [-0.3, -0.25) is 14.3 Å². The lowest BCUT2D eigenvalue weighted by Crippen LogP contribution is -2.26. The standard InChI is InChI=1S/C26H29N3O4/c1-26(2,3)33-25(32)29-15-18(19-6-4-5-7-22(19)29)14-28-11-10-17(13-28)16-8-9-20-21(12-16)27-24(31)23(20)30/h4-9,12,15,17,23,30H,10-11,13-14H2,1-3H3,(H,27,31). The number of likely N-dealkylation sites (tertiary alicyclic amines) is 1. The van der Waals surface area contributed by atoms with Crippen LogP contribution in [0.4, 0.5) is 10.5 Å². The summed E-state index contributed by atoms with van der Waals surface area (Å²) in [6.45, 7) is 8.18. The van der Waals surface area contributed by atoms with Crippen LogP contribution in [0, 0.1) is 0 Å². The number of benzene rings is 2. The number of aliphatic hydroxyl groups is 1. The number of carbonyl (C=O) groups is 2. The van der Waals surface area contributed by atoms with Gasteiger partial charge >= 0.3 is 6.09 Å². The van der Waals surface area contributed by atoms with Gasteiger partial charge in [0.25, 0.3) is 5.91 Å². The lowest BCUT2D eigenvalue weighted by atomic mass is 9.96. The van der Waals surface area contributed by atoms with Crippen molar-refractivity contribution in [3.8, 4) is 0 Å². The van der Waals surface area contributed by atoms with Crippen LogP contribution in [0.3, 0.4) is 0 Å². The lowest BCUT2D eigenvalue weighted by molar-refractivity contribution is -0.123. The Bertz CT molecular complexity index is 1240. The fourth-order valence-corrected chi connectivity index (χ4v) is 4.84. The van der Waals surface area contributed by atoms with Gasteiger partial charge in [-0.05, 0) is 62.9 Å². The van der Waals surface area contributed by atoms with Gasteiger partial charge in [-0.15, -0.1) is 0 Å². The van der Waals surface area contributed by atoms with Crippen LogP contribution >= 0.6 is 0 Å². The number of aliphatic hydroxyl groups excluding tert-OH is 1. The predicted molar refractivity (Wildman–Crippen MR) is 126 cm³/mol. The van der Waals surface area contributed by atoms with Crippen molar-refractivity contribution in [2.45, 2.75) is 51.4 Å². The van der Waals surface area contributed by atoms with Crippen molar-refractivity contribution in [3.63, 3.8) is 0 Å². The average Bonchev–Trinajstić information content (AvgIpc) is 3.44. The molecule has 2 aliphatic rings. The molecule has 3 heterocycles. The van der Waals surface area contributed by atoms with Gasteiger partial charge in [0.1, 0.15) is 5.60 Å². The maximum absolute atomic E-state index is 12.8. The zero-order valence-electron chi connectivity index (χ0n) is 19.2. The van der Waals surface area contributed by atoms with Gasteiger partial charge < -0.3 is 15.2 Å². The molecule has 2 atom stereocenters. The van der Waals surface area contributed by atoms with Crippen molar-refractivity contribution < 1.29 is 19.4 Å². The summed E-state index contributed by atoms with van der Waals surface area (Å²) in [5.41, 5.74) is 3.92. The number of amides is 1. The van der Waals surface area contributed by atoms with Gasteiger partial charge in [-0.25, -0.2) is 4.79 Å². The number of ether oxygens (including phenoxy) is 1. The third-order valence-electron chi connectivity index (χ3n) is 6.40. The Labute approximate surface area is 192 Å². The Kier molecular flexibility index (Phi) is 5.26. The van der Waals surface area contributed by atoms with E-state index in [9.17, 15) is 14.7 Å². The van der Waals surface area contributed by atoms with Crippen LogP contribution in [0.15, 0.2) is 48.7 Å². The summed E-state index contributed by atoms with van der Waals surface area (Å²) in [5.74, 6) is -0.0132. The van der Waals surface area contributed by atoms with Crippen molar-refractivity contribution in [2.24, 2.45) is 0 Å². The number of para-hydroxylation sites is 1. The molecule has 7 nitrogen and oxygen atoms in total. The number of rotatable bonds is 3. The molecule has 7 heteroatoms. The molecule has 2 unspecified atom stereocenters. The minimum Gasteiger partial charge on any atom is -0.443 e. The zero-order valence-corrected chi connectivity index (χ0v) is 19.2. The van der Waals surface area contributed by atoms with Crippen molar-refractivity contribution >= 4 is 28.6 Å². The summed E-state index contributed by atoms with van der Waals surface area (Å²) in [6.07, 6.45) is 1.47. The van der Waals surface area contributed by atoms with Gasteiger partial charge in [0.15, 0.2) is 6.10 Å². The number of hydrogen-bond donors (Lipinski definition) is 2. The number of aromatic nitrogens is 1. The summed E-state index contributed by atoms with van der Waals surface area (Å²) >= 11 is 0. The van der Waals surface area contributed by atoms with E-state index in [1.165, 1.54) is 5.56 Å². The number of carbonyl (C=O) groups excluding carboxylic acids is 2. The highest BCUT2D eigenvalue weighted by Crippen LogP contribution is 2.36. The second-order valence-electron chi connectivity index (χ2n) is 9.98. The summed E-state index contributed by atoms with van der Waals surface area (Å²) in [6, 6.07) is 13.8. The van der Waals surface area contributed by atoms with E-state index >= 15 is 0 Å². The van der Waals surface area contributed by atoms with Gasteiger partial charge in [0.05, 0.1) is 5.52 Å². The third-order valence-corrected chi connectivity index (χ3v) is 6.40. The number of hydrogen-bond acceptors (Lipinski definition) is 5. The van der Waals surface area contributed by atoms with Crippen LogP contribution in [0.2, 0.25) is 0 Å². The van der Waals surface area contributed by atoms with E-state index in [-0.39, 0.29) is 12.0 Å². The topological polar surface area (TPSA) is 83.8 Å².